The van der Waals surface area contributed by atoms with Crippen molar-refractivity contribution in [3.8, 4) is 0 Å². The van der Waals surface area contributed by atoms with Crippen LogP contribution in [0.15, 0.2) is 12.2 Å². The number of carboxylic acids is 1. The molecule has 1 aliphatic heterocycles. The van der Waals surface area contributed by atoms with E-state index in [2.05, 4.69) is 11.3 Å². The summed E-state index contributed by atoms with van der Waals surface area (Å²) in [5.74, 6) is -2.39. The second kappa shape index (κ2) is 5.92. The fraction of sp³-hybridized carbons (Fsp3) is 0.444. The van der Waals surface area contributed by atoms with Crippen LogP contribution in [0.25, 0.3) is 0 Å². The van der Waals surface area contributed by atoms with E-state index >= 15 is 0 Å². The highest BCUT2D eigenvalue weighted by Crippen LogP contribution is 2.05. The van der Waals surface area contributed by atoms with Gasteiger partial charge in [-0.15, -0.1) is 0 Å². The molecule has 0 amide bonds. The Morgan fingerprint density at radius 3 is 2.20 bits per heavy atom. The third kappa shape index (κ3) is 4.92. The van der Waals surface area contributed by atoms with Gasteiger partial charge in [0.25, 0.3) is 0 Å². The van der Waals surface area contributed by atoms with E-state index in [1.807, 2.05) is 0 Å². The van der Waals surface area contributed by atoms with Crippen LogP contribution in [0.2, 0.25) is 0 Å². The van der Waals surface area contributed by atoms with Crippen molar-refractivity contribution in [2.45, 2.75) is 25.9 Å². The second-order valence-corrected chi connectivity index (χ2v) is 2.78. The molecular weight excluding hydrogens is 204 g/mol. The summed E-state index contributed by atoms with van der Waals surface area (Å²) in [4.78, 5) is 30.0. The van der Waals surface area contributed by atoms with E-state index in [0.717, 1.165) is 0 Å². The molecule has 1 saturated heterocycles. The van der Waals surface area contributed by atoms with Crippen molar-refractivity contribution >= 4 is 17.9 Å². The summed E-state index contributed by atoms with van der Waals surface area (Å²) in [7, 11) is 0. The van der Waals surface area contributed by atoms with E-state index < -0.39 is 24.0 Å². The highest BCUT2D eigenvalue weighted by molar-refractivity contribution is 5.95. The third-order valence-electron chi connectivity index (χ3n) is 1.58. The standard InChI is InChI=1S/C5H8O2.C4H4O4/c1-3-4(2)5(6)7;5-2-1-3(6)8-4(2)7/h2-3H2,1H3,(H,6,7);2,5H,1H2. The number of esters is 2. The Balaban J connectivity index is 0.000000265. The van der Waals surface area contributed by atoms with Crippen molar-refractivity contribution in [2.24, 2.45) is 0 Å². The summed E-state index contributed by atoms with van der Waals surface area (Å²) in [5.41, 5.74) is 0.264. The van der Waals surface area contributed by atoms with Crippen LogP contribution >= 0.6 is 0 Å². The lowest BCUT2D eigenvalue weighted by molar-refractivity contribution is -0.154. The van der Waals surface area contributed by atoms with Gasteiger partial charge in [0.2, 0.25) is 0 Å². The van der Waals surface area contributed by atoms with Crippen molar-refractivity contribution in [1.82, 2.24) is 0 Å². The molecule has 1 rings (SSSR count). The Kier molecular flexibility index (Phi) is 5.25. The minimum atomic E-state index is -1.22. The average Bonchev–Trinajstić information content (AvgIpc) is 2.43. The van der Waals surface area contributed by atoms with Gasteiger partial charge in [-0.2, -0.15) is 0 Å². The molecule has 0 aliphatic carbocycles. The number of rotatable bonds is 2. The van der Waals surface area contributed by atoms with Crippen LogP contribution in [0, 0.1) is 0 Å². The molecule has 1 heterocycles. The summed E-state index contributed by atoms with van der Waals surface area (Å²) >= 11 is 0. The zero-order chi connectivity index (χ0) is 12.0. The lowest BCUT2D eigenvalue weighted by Crippen LogP contribution is -2.11. The molecule has 1 unspecified atom stereocenters. The molecular formula is C9H12O6. The molecule has 15 heavy (non-hydrogen) atoms. The normalized spacial score (nSPS) is 18.9. The number of aliphatic hydroxyl groups excluding tert-OH is 1. The Hall–Kier alpha value is -1.69. The highest BCUT2D eigenvalue weighted by atomic mass is 16.6. The van der Waals surface area contributed by atoms with E-state index in [4.69, 9.17) is 10.2 Å². The maximum atomic E-state index is 10.1. The van der Waals surface area contributed by atoms with Crippen LogP contribution in [0.3, 0.4) is 0 Å². The molecule has 0 radical (unpaired) electrons. The van der Waals surface area contributed by atoms with Gasteiger partial charge in [-0.1, -0.05) is 13.5 Å². The number of ether oxygens (including phenoxy) is 1. The first-order valence-electron chi connectivity index (χ1n) is 4.22. The molecule has 84 valence electrons. The molecule has 6 heteroatoms. The molecule has 0 saturated carbocycles. The van der Waals surface area contributed by atoms with Crippen LogP contribution in [0.1, 0.15) is 19.8 Å². The van der Waals surface area contributed by atoms with Gasteiger partial charge in [-0.05, 0) is 6.42 Å². The maximum absolute atomic E-state index is 10.1. The van der Waals surface area contributed by atoms with E-state index in [0.29, 0.717) is 6.42 Å². The number of carbonyl (C=O) groups is 3. The zero-order valence-electron chi connectivity index (χ0n) is 8.23. The number of carboxylic acid groups (broad SMARTS) is 1. The number of aliphatic carboxylic acids is 1. The lowest BCUT2D eigenvalue weighted by Gasteiger charge is -1.87. The highest BCUT2D eigenvalue weighted by Gasteiger charge is 2.30. The third-order valence-corrected chi connectivity index (χ3v) is 1.58. The van der Waals surface area contributed by atoms with E-state index in [9.17, 15) is 14.4 Å². The summed E-state index contributed by atoms with van der Waals surface area (Å²) in [5, 5.41) is 16.6. The molecule has 1 fully saturated rings. The summed E-state index contributed by atoms with van der Waals surface area (Å²) in [6.45, 7) is 5.03. The molecule has 0 bridgehead atoms. The number of hydrogen-bond donors (Lipinski definition) is 2. The summed E-state index contributed by atoms with van der Waals surface area (Å²) < 4.78 is 3.95. The van der Waals surface area contributed by atoms with Crippen LogP contribution < -0.4 is 0 Å². The van der Waals surface area contributed by atoms with Gasteiger partial charge in [-0.25, -0.2) is 9.59 Å². The monoisotopic (exact) mass is 216 g/mol. The quantitative estimate of drug-likeness (QED) is 0.378. The molecule has 2 N–H and O–H groups in total. The number of carbonyl (C=O) groups excluding carboxylic acids is 2. The predicted octanol–water partition coefficient (Wildman–Crippen LogP) is -0.142. The van der Waals surface area contributed by atoms with Crippen LogP contribution in [-0.2, 0) is 19.1 Å². The maximum Gasteiger partial charge on any atom is 0.343 e. The van der Waals surface area contributed by atoms with Crippen molar-refractivity contribution in [1.29, 1.82) is 0 Å². The van der Waals surface area contributed by atoms with Gasteiger partial charge in [0.15, 0.2) is 6.10 Å². The first-order chi connectivity index (χ1) is 6.88. The number of hydrogen-bond acceptors (Lipinski definition) is 5. The van der Waals surface area contributed by atoms with Crippen LogP contribution in [-0.4, -0.2) is 34.2 Å². The Labute approximate surface area is 86.2 Å². The Morgan fingerprint density at radius 1 is 1.60 bits per heavy atom. The van der Waals surface area contributed by atoms with E-state index in [1.54, 1.807) is 6.92 Å². The van der Waals surface area contributed by atoms with E-state index in [1.165, 1.54) is 0 Å². The molecule has 0 aromatic heterocycles. The Morgan fingerprint density at radius 2 is 2.13 bits per heavy atom. The largest absolute Gasteiger partial charge is 0.478 e. The zero-order valence-corrected chi connectivity index (χ0v) is 8.23. The summed E-state index contributed by atoms with van der Waals surface area (Å²) in [6.07, 6.45) is -0.892. The van der Waals surface area contributed by atoms with Gasteiger partial charge in [0.1, 0.15) is 0 Å². The van der Waals surface area contributed by atoms with Crippen molar-refractivity contribution in [3.05, 3.63) is 12.2 Å². The molecule has 0 spiro atoms. The van der Waals surface area contributed by atoms with Gasteiger partial charge >= 0.3 is 17.9 Å². The molecule has 0 aromatic carbocycles. The van der Waals surface area contributed by atoms with Gasteiger partial charge < -0.3 is 14.9 Å². The fourth-order valence-corrected chi connectivity index (χ4v) is 0.614. The SMILES string of the molecule is C=C(CC)C(=O)O.O=C1CC(O)C(=O)O1. The van der Waals surface area contributed by atoms with Crippen molar-refractivity contribution in [3.63, 3.8) is 0 Å². The van der Waals surface area contributed by atoms with Gasteiger partial charge in [0, 0.05) is 5.57 Å². The van der Waals surface area contributed by atoms with Crippen LogP contribution in [0.5, 0.6) is 0 Å². The predicted molar refractivity (Wildman–Crippen MR) is 48.8 cm³/mol. The Bertz CT molecular complexity index is 293. The van der Waals surface area contributed by atoms with Crippen molar-refractivity contribution < 1.29 is 29.3 Å². The molecule has 1 atom stereocenters. The van der Waals surface area contributed by atoms with Gasteiger partial charge in [0.05, 0.1) is 6.42 Å². The first-order valence-corrected chi connectivity index (χ1v) is 4.22. The second-order valence-electron chi connectivity index (χ2n) is 2.78. The minimum Gasteiger partial charge on any atom is -0.478 e. The molecule has 1 aliphatic rings. The van der Waals surface area contributed by atoms with Crippen molar-refractivity contribution in [2.75, 3.05) is 0 Å². The van der Waals surface area contributed by atoms with E-state index in [-0.39, 0.29) is 12.0 Å². The summed E-state index contributed by atoms with van der Waals surface area (Å²) in [6, 6.07) is 0. The number of cyclic esters (lactones) is 2. The topological polar surface area (TPSA) is 101 Å². The average molecular weight is 216 g/mol. The molecule has 6 nitrogen and oxygen atoms in total. The minimum absolute atomic E-state index is 0.196. The first kappa shape index (κ1) is 13.3. The fourth-order valence-electron chi connectivity index (χ4n) is 0.614. The lowest BCUT2D eigenvalue weighted by atomic mass is 10.2. The molecule has 0 aromatic rings. The van der Waals surface area contributed by atoms with Crippen LogP contribution in [0.4, 0.5) is 0 Å². The number of aliphatic hydroxyl groups is 1. The van der Waals surface area contributed by atoms with Gasteiger partial charge in [-0.3, -0.25) is 4.79 Å². The smallest absolute Gasteiger partial charge is 0.343 e.